The number of benzene rings is 1. The van der Waals surface area contributed by atoms with E-state index >= 15 is 0 Å². The Morgan fingerprint density at radius 2 is 1.92 bits per heavy atom. The Kier molecular flexibility index (Phi) is 5.30. The highest BCUT2D eigenvalue weighted by Crippen LogP contribution is 2.20. The first kappa shape index (κ1) is 18.2. The van der Waals surface area contributed by atoms with Crippen LogP contribution in [-0.4, -0.2) is 58.7 Å². The maximum atomic E-state index is 13.2. The van der Waals surface area contributed by atoms with E-state index in [0.29, 0.717) is 37.4 Å². The first-order chi connectivity index (χ1) is 11.9. The number of hydrogen-bond acceptors (Lipinski definition) is 4. The van der Waals surface area contributed by atoms with E-state index in [-0.39, 0.29) is 28.5 Å². The molecule has 2 aromatic rings. The second kappa shape index (κ2) is 7.30. The molecule has 132 valence electrons. The van der Waals surface area contributed by atoms with Gasteiger partial charge in [-0.3, -0.25) is 9.48 Å². The molecule has 2 heterocycles. The lowest BCUT2D eigenvalue weighted by Crippen LogP contribution is -2.63. The normalized spacial score (nSPS) is 16.6. The van der Waals surface area contributed by atoms with Crippen LogP contribution < -0.4 is 5.32 Å². The summed E-state index contributed by atoms with van der Waals surface area (Å²) in [7, 11) is 1.77. The zero-order chi connectivity index (χ0) is 18.0. The fourth-order valence-corrected chi connectivity index (χ4v) is 3.83. The third-order valence-electron chi connectivity index (χ3n) is 4.46. The van der Waals surface area contributed by atoms with E-state index in [2.05, 4.69) is 33.0 Å². The molecular weight excluding hydrogens is 438 g/mol. The summed E-state index contributed by atoms with van der Waals surface area (Å²) in [5.41, 5.74) is 0.817. The predicted octanol–water partition coefficient (Wildman–Crippen LogP) is 1.61. The maximum absolute atomic E-state index is 13.2. The number of ketones is 1. The number of rotatable bonds is 4. The number of piperazine rings is 1. The topological polar surface area (TPSA) is 64.0 Å². The number of aryl methyl sites for hydroxylation is 1. The van der Waals surface area contributed by atoms with E-state index in [1.807, 2.05) is 0 Å². The van der Waals surface area contributed by atoms with Crippen LogP contribution in [0.5, 0.6) is 0 Å². The average molecular weight is 457 g/mol. The number of hydrogen-bond donors (Lipinski definition) is 1. The number of Topliss-reactive ketones (excluding diaryl/α,β-unsaturated/α-hetero) is 1. The van der Waals surface area contributed by atoms with Gasteiger partial charge in [0, 0.05) is 31.9 Å². The van der Waals surface area contributed by atoms with Gasteiger partial charge in [0.1, 0.15) is 5.82 Å². The fraction of sp³-hybridized carbons (Fsp3) is 0.353. The molecule has 1 aliphatic rings. The van der Waals surface area contributed by atoms with Crippen molar-refractivity contribution in [2.24, 2.45) is 7.05 Å². The fourth-order valence-electron chi connectivity index (χ4n) is 3.09. The quantitative estimate of drug-likeness (QED) is 0.431. The Morgan fingerprint density at radius 1 is 1.28 bits per heavy atom. The van der Waals surface area contributed by atoms with Crippen LogP contribution in [0.4, 0.5) is 4.39 Å². The number of carbonyl (C=O) groups excluding carboxylic acids is 2. The summed E-state index contributed by atoms with van der Waals surface area (Å²) < 4.78 is 15.5. The Bertz CT molecular complexity index is 797. The summed E-state index contributed by atoms with van der Waals surface area (Å²) in [4.78, 5) is 25.9. The van der Waals surface area contributed by atoms with Crippen molar-refractivity contribution in [2.45, 2.75) is 0 Å². The van der Waals surface area contributed by atoms with Crippen molar-refractivity contribution in [3.05, 3.63) is 51.1 Å². The molecule has 1 saturated heterocycles. The molecule has 0 saturated carbocycles. The average Bonchev–Trinajstić information content (AvgIpc) is 2.93. The monoisotopic (exact) mass is 457 g/mol. The van der Waals surface area contributed by atoms with E-state index in [1.165, 1.54) is 24.3 Å². The summed E-state index contributed by atoms with van der Waals surface area (Å²) >= 11 is 2.09. The molecule has 0 aliphatic carbocycles. The van der Waals surface area contributed by atoms with Crippen molar-refractivity contribution in [3.63, 3.8) is 0 Å². The van der Waals surface area contributed by atoms with Gasteiger partial charge in [-0.05, 0) is 46.9 Å². The van der Waals surface area contributed by atoms with E-state index in [9.17, 15) is 14.0 Å². The van der Waals surface area contributed by atoms with E-state index in [0.717, 1.165) is 3.57 Å². The zero-order valence-corrected chi connectivity index (χ0v) is 16.0. The van der Waals surface area contributed by atoms with Crippen LogP contribution in [0.1, 0.15) is 20.8 Å². The standard InChI is InChI=1S/C17H19FIN4O2/c1-22-10-14(19)16(21-22)17(25)23(8-6-20-7-9-23)11-15(24)12-2-4-13(18)5-3-12/h2-5,10,20H,6-9,11H2,1H3/q+1. The molecule has 0 bridgehead atoms. The van der Waals surface area contributed by atoms with Crippen molar-refractivity contribution in [2.75, 3.05) is 32.7 Å². The number of nitrogens with one attached hydrogen (secondary N) is 1. The van der Waals surface area contributed by atoms with Crippen molar-refractivity contribution in [1.29, 1.82) is 0 Å². The van der Waals surface area contributed by atoms with E-state index in [1.54, 1.807) is 17.9 Å². The third-order valence-corrected chi connectivity index (χ3v) is 5.25. The van der Waals surface area contributed by atoms with E-state index in [4.69, 9.17) is 0 Å². The second-order valence-electron chi connectivity index (χ2n) is 6.24. The lowest BCUT2D eigenvalue weighted by molar-refractivity contribution is -0.842. The van der Waals surface area contributed by atoms with Gasteiger partial charge in [0.2, 0.25) is 11.5 Å². The van der Waals surface area contributed by atoms with Gasteiger partial charge >= 0.3 is 5.91 Å². The predicted molar refractivity (Wildman–Crippen MR) is 98.7 cm³/mol. The minimum absolute atomic E-state index is 0.0379. The summed E-state index contributed by atoms with van der Waals surface area (Å²) in [6.45, 7) is 2.42. The highest BCUT2D eigenvalue weighted by atomic mass is 127. The Labute approximate surface area is 158 Å². The lowest BCUT2D eigenvalue weighted by Gasteiger charge is -2.38. The first-order valence-electron chi connectivity index (χ1n) is 8.01. The minimum atomic E-state index is -0.387. The number of quaternary nitrogens is 1. The SMILES string of the molecule is Cn1cc(I)c(C(=O)[N+]2(CC(=O)c3ccc(F)cc3)CCNCC2)n1. The van der Waals surface area contributed by atoms with Crippen LogP contribution in [0.25, 0.3) is 0 Å². The summed E-state index contributed by atoms with van der Waals surface area (Å²) in [5.74, 6) is -0.690. The van der Waals surface area contributed by atoms with Crippen LogP contribution in [0, 0.1) is 9.39 Å². The summed E-state index contributed by atoms with van der Waals surface area (Å²) in [5, 5.41) is 7.51. The maximum Gasteiger partial charge on any atom is 0.367 e. The molecule has 0 atom stereocenters. The van der Waals surface area contributed by atoms with Gasteiger partial charge in [0.25, 0.3) is 0 Å². The molecule has 3 rings (SSSR count). The number of carbonyl (C=O) groups is 2. The second-order valence-corrected chi connectivity index (χ2v) is 7.40. The number of aromatic nitrogens is 2. The molecule has 6 nitrogen and oxygen atoms in total. The van der Waals surface area contributed by atoms with E-state index < -0.39 is 0 Å². The molecule has 1 fully saturated rings. The molecule has 25 heavy (non-hydrogen) atoms. The Balaban J connectivity index is 1.90. The van der Waals surface area contributed by atoms with Crippen LogP contribution in [0.3, 0.4) is 0 Å². The highest BCUT2D eigenvalue weighted by molar-refractivity contribution is 14.1. The van der Waals surface area contributed by atoms with Crippen molar-refractivity contribution in [1.82, 2.24) is 15.1 Å². The summed E-state index contributed by atoms with van der Waals surface area (Å²) in [6.07, 6.45) is 1.79. The van der Waals surface area contributed by atoms with Gasteiger partial charge in [-0.2, -0.15) is 5.10 Å². The van der Waals surface area contributed by atoms with Gasteiger partial charge < -0.3 is 5.32 Å². The van der Waals surface area contributed by atoms with Gasteiger partial charge in [0.05, 0.1) is 16.7 Å². The number of halogens is 2. The molecule has 1 amide bonds. The van der Waals surface area contributed by atoms with Gasteiger partial charge in [-0.15, -0.1) is 0 Å². The highest BCUT2D eigenvalue weighted by Gasteiger charge is 2.43. The van der Waals surface area contributed by atoms with Crippen LogP contribution in [0.15, 0.2) is 30.5 Å². The molecule has 0 spiro atoms. The largest absolute Gasteiger partial charge is 0.367 e. The Morgan fingerprint density at radius 3 is 2.48 bits per heavy atom. The molecule has 1 aromatic carbocycles. The molecule has 0 unspecified atom stereocenters. The number of nitrogens with zero attached hydrogens (tertiary/aromatic N) is 3. The van der Waals surface area contributed by atoms with Gasteiger partial charge in [-0.25, -0.2) is 13.7 Å². The van der Waals surface area contributed by atoms with Crippen LogP contribution >= 0.6 is 22.6 Å². The first-order valence-corrected chi connectivity index (χ1v) is 9.09. The van der Waals surface area contributed by atoms with Crippen LogP contribution in [-0.2, 0) is 7.05 Å². The minimum Gasteiger partial charge on any atom is -0.306 e. The summed E-state index contributed by atoms with van der Waals surface area (Å²) in [6, 6.07) is 5.45. The molecule has 1 aliphatic heterocycles. The van der Waals surface area contributed by atoms with Crippen molar-refractivity contribution >= 4 is 34.3 Å². The van der Waals surface area contributed by atoms with Crippen molar-refractivity contribution < 1.29 is 18.5 Å². The van der Waals surface area contributed by atoms with Gasteiger partial charge in [0.15, 0.2) is 6.54 Å². The lowest BCUT2D eigenvalue weighted by atomic mass is 10.1. The van der Waals surface area contributed by atoms with Gasteiger partial charge in [-0.1, -0.05) is 0 Å². The molecule has 1 N–H and O–H groups in total. The molecule has 8 heteroatoms. The van der Waals surface area contributed by atoms with Crippen molar-refractivity contribution in [3.8, 4) is 0 Å². The number of amides is 1. The zero-order valence-electron chi connectivity index (χ0n) is 13.8. The Hall–Kier alpha value is -1.65. The third kappa shape index (κ3) is 3.80. The van der Waals surface area contributed by atoms with Crippen LogP contribution in [0.2, 0.25) is 0 Å². The molecule has 1 aromatic heterocycles. The molecular formula is C17H19FIN4O2+. The smallest absolute Gasteiger partial charge is 0.306 e. The molecule has 0 radical (unpaired) electrons.